The molecule has 0 saturated carbocycles. The largest absolute Gasteiger partial charge is 0.455 e. The van der Waals surface area contributed by atoms with E-state index in [4.69, 9.17) is 8.83 Å². The van der Waals surface area contributed by atoms with Crippen molar-refractivity contribution in [1.29, 1.82) is 0 Å². The van der Waals surface area contributed by atoms with Gasteiger partial charge in [-0.15, -0.1) is 0 Å². The van der Waals surface area contributed by atoms with E-state index >= 15 is 0 Å². The zero-order valence-corrected chi connectivity index (χ0v) is 39.6. The van der Waals surface area contributed by atoms with Crippen molar-refractivity contribution < 1.29 is 8.83 Å². The molecule has 13 rings (SSSR count). The lowest BCUT2D eigenvalue weighted by atomic mass is 9.33. The lowest BCUT2D eigenvalue weighted by molar-refractivity contribution is 0.590. The molecule has 328 valence electrons. The lowest BCUT2D eigenvalue weighted by Gasteiger charge is -2.45. The maximum Gasteiger partial charge on any atom is 0.252 e. The van der Waals surface area contributed by atoms with Crippen LogP contribution in [-0.2, 0) is 10.8 Å². The summed E-state index contributed by atoms with van der Waals surface area (Å²) in [5.41, 5.74) is 22.7. The van der Waals surface area contributed by atoms with Crippen LogP contribution in [0.4, 0.5) is 34.1 Å². The Bertz CT molecular complexity index is 3880. The number of nitrogens with zero attached hydrogens (tertiary/aromatic N) is 2. The third-order valence-electron chi connectivity index (χ3n) is 14.6. The summed E-state index contributed by atoms with van der Waals surface area (Å²) >= 11 is 0. The first-order chi connectivity index (χ1) is 32.9. The number of benzene rings is 9. The fourth-order valence-electron chi connectivity index (χ4n) is 11.2. The van der Waals surface area contributed by atoms with Gasteiger partial charge in [-0.05, 0) is 123 Å². The van der Waals surface area contributed by atoms with E-state index in [9.17, 15) is 0 Å². The van der Waals surface area contributed by atoms with Crippen molar-refractivity contribution in [1.82, 2.24) is 0 Å². The van der Waals surface area contributed by atoms with E-state index in [1.165, 1.54) is 55.8 Å². The van der Waals surface area contributed by atoms with Gasteiger partial charge >= 0.3 is 0 Å². The zero-order chi connectivity index (χ0) is 46.2. The molecule has 2 aliphatic heterocycles. The van der Waals surface area contributed by atoms with Crippen molar-refractivity contribution in [3.05, 3.63) is 199 Å². The summed E-state index contributed by atoms with van der Waals surface area (Å²) in [7, 11) is 0. The quantitative estimate of drug-likeness (QED) is 0.165. The first-order valence-corrected chi connectivity index (χ1v) is 23.9. The lowest BCUT2D eigenvalue weighted by Crippen LogP contribution is -2.61. The average molecular weight is 879 g/mol. The summed E-state index contributed by atoms with van der Waals surface area (Å²) in [4.78, 5) is 5.07. The molecular formula is C63H51BN2O2. The van der Waals surface area contributed by atoms with Crippen LogP contribution in [0.1, 0.15) is 58.2 Å². The van der Waals surface area contributed by atoms with Crippen LogP contribution in [0.25, 0.3) is 66.1 Å². The first-order valence-electron chi connectivity index (χ1n) is 23.9. The summed E-state index contributed by atoms with van der Waals surface area (Å²) in [6.45, 7) is 16.2. The Balaban J connectivity index is 1.06. The zero-order valence-electron chi connectivity index (χ0n) is 39.6. The Kier molecular flexibility index (Phi) is 8.71. The SMILES string of the molecule is Cc1cc2c3c(c1)N(c1cccc(-c4cccc5c4oc4ccccc45)c1)c1cc(C(C)(C)C)ccc1B3c1cc(C(C)(C)C)ccc1N2c1cccc(-c2cccc3c2oc2ccccc23)c1. The van der Waals surface area contributed by atoms with E-state index in [0.29, 0.717) is 0 Å². The van der Waals surface area contributed by atoms with Gasteiger partial charge in [-0.25, -0.2) is 0 Å². The molecule has 5 heteroatoms. The molecule has 0 spiro atoms. The molecule has 2 aliphatic rings. The highest BCUT2D eigenvalue weighted by Gasteiger charge is 2.44. The van der Waals surface area contributed by atoms with Crippen LogP contribution < -0.4 is 26.2 Å². The Labute approximate surface area is 398 Å². The molecule has 0 fully saturated rings. The van der Waals surface area contributed by atoms with Crippen molar-refractivity contribution in [2.24, 2.45) is 0 Å². The summed E-state index contributed by atoms with van der Waals surface area (Å²) in [5, 5.41) is 4.52. The molecule has 4 nitrogen and oxygen atoms in total. The number of furan rings is 2. The van der Waals surface area contributed by atoms with Crippen LogP contribution in [0.3, 0.4) is 0 Å². The van der Waals surface area contributed by atoms with Crippen molar-refractivity contribution in [2.75, 3.05) is 9.80 Å². The van der Waals surface area contributed by atoms with Crippen LogP contribution in [0.5, 0.6) is 0 Å². The molecule has 0 unspecified atom stereocenters. The molecule has 0 amide bonds. The third kappa shape index (κ3) is 6.14. The highest BCUT2D eigenvalue weighted by Crippen LogP contribution is 2.48. The minimum atomic E-state index is -0.0596. The van der Waals surface area contributed by atoms with Gasteiger partial charge in [-0.1, -0.05) is 163 Å². The first kappa shape index (κ1) is 40.5. The maximum absolute atomic E-state index is 6.62. The predicted octanol–water partition coefficient (Wildman–Crippen LogP) is 15.8. The van der Waals surface area contributed by atoms with E-state index in [-0.39, 0.29) is 17.5 Å². The van der Waals surface area contributed by atoms with Gasteiger partial charge in [0.25, 0.3) is 6.71 Å². The highest BCUT2D eigenvalue weighted by atomic mass is 16.3. The number of rotatable bonds is 4. The minimum absolute atomic E-state index is 0.00521. The summed E-state index contributed by atoms with van der Waals surface area (Å²) in [6, 6.07) is 67.2. The standard InChI is InChI=1S/C63H51BN2O2/c1-38-32-55-59-56(33-38)66(44-19-13-17-40(35-44)46-23-15-25-50-48-21-9-11-27-58(48)68-61(46)50)54-37-42(63(5,6)7)28-30-51(54)64(59)52-36-41(62(2,3)4)29-31-53(52)65(55)43-18-12-16-39(34-43)45-22-14-24-49-47-20-8-10-26-57(47)67-60(45)49/h8-37H,1-7H3. The second-order valence-corrected chi connectivity index (χ2v) is 21.0. The molecule has 2 aromatic heterocycles. The molecule has 9 aromatic carbocycles. The molecule has 0 N–H and O–H groups in total. The van der Waals surface area contributed by atoms with E-state index in [0.717, 1.165) is 77.5 Å². The molecule has 11 aromatic rings. The second kappa shape index (κ2) is 14.6. The molecule has 0 radical (unpaired) electrons. The number of hydrogen-bond acceptors (Lipinski definition) is 4. The Morgan fingerprint density at radius 2 is 0.882 bits per heavy atom. The topological polar surface area (TPSA) is 32.8 Å². The van der Waals surface area contributed by atoms with Gasteiger partial charge in [0.1, 0.15) is 22.3 Å². The summed E-state index contributed by atoms with van der Waals surface area (Å²) in [5.74, 6) is 0. The van der Waals surface area contributed by atoms with Gasteiger partial charge in [0, 0.05) is 66.8 Å². The predicted molar refractivity (Wildman–Crippen MR) is 288 cm³/mol. The van der Waals surface area contributed by atoms with Crippen molar-refractivity contribution >= 4 is 101 Å². The Hall–Kier alpha value is -7.76. The Morgan fingerprint density at radius 3 is 1.44 bits per heavy atom. The number of fused-ring (bicyclic) bond motifs is 10. The molecule has 68 heavy (non-hydrogen) atoms. The number of hydrogen-bond donors (Lipinski definition) is 0. The van der Waals surface area contributed by atoms with Crippen molar-refractivity contribution in [2.45, 2.75) is 59.3 Å². The van der Waals surface area contributed by atoms with Crippen LogP contribution >= 0.6 is 0 Å². The normalized spacial score (nSPS) is 13.4. The smallest absolute Gasteiger partial charge is 0.252 e. The van der Waals surface area contributed by atoms with E-state index in [2.05, 4.69) is 228 Å². The van der Waals surface area contributed by atoms with E-state index in [1.807, 2.05) is 12.1 Å². The number of para-hydroxylation sites is 4. The molecule has 4 heterocycles. The number of anilines is 6. The molecule has 0 saturated heterocycles. The van der Waals surface area contributed by atoms with Gasteiger partial charge in [-0.3, -0.25) is 0 Å². The molecule has 0 atom stereocenters. The highest BCUT2D eigenvalue weighted by molar-refractivity contribution is 7.00. The Morgan fingerprint density at radius 1 is 0.397 bits per heavy atom. The van der Waals surface area contributed by atoms with Gasteiger partial charge in [0.2, 0.25) is 0 Å². The van der Waals surface area contributed by atoms with E-state index < -0.39 is 0 Å². The second-order valence-electron chi connectivity index (χ2n) is 21.0. The summed E-state index contributed by atoms with van der Waals surface area (Å²) < 4.78 is 13.2. The summed E-state index contributed by atoms with van der Waals surface area (Å²) in [6.07, 6.45) is 0. The van der Waals surface area contributed by atoms with Gasteiger partial charge in [0.15, 0.2) is 0 Å². The minimum Gasteiger partial charge on any atom is -0.455 e. The molecule has 0 bridgehead atoms. The van der Waals surface area contributed by atoms with Crippen molar-refractivity contribution in [3.63, 3.8) is 0 Å². The average Bonchev–Trinajstić information content (AvgIpc) is 3.92. The van der Waals surface area contributed by atoms with Crippen LogP contribution in [0.2, 0.25) is 0 Å². The maximum atomic E-state index is 6.62. The van der Waals surface area contributed by atoms with Crippen LogP contribution in [0, 0.1) is 6.92 Å². The monoisotopic (exact) mass is 878 g/mol. The van der Waals surface area contributed by atoms with Crippen LogP contribution in [0.15, 0.2) is 191 Å². The van der Waals surface area contributed by atoms with Gasteiger partial charge in [-0.2, -0.15) is 0 Å². The van der Waals surface area contributed by atoms with Gasteiger partial charge < -0.3 is 18.6 Å². The third-order valence-corrected chi connectivity index (χ3v) is 14.6. The molecular weight excluding hydrogens is 828 g/mol. The fourth-order valence-corrected chi connectivity index (χ4v) is 11.2. The van der Waals surface area contributed by atoms with Gasteiger partial charge in [0.05, 0.1) is 0 Å². The number of aryl methyl sites for hydroxylation is 1. The van der Waals surface area contributed by atoms with E-state index in [1.54, 1.807) is 0 Å². The van der Waals surface area contributed by atoms with Crippen LogP contribution in [-0.4, -0.2) is 6.71 Å². The van der Waals surface area contributed by atoms with Crippen molar-refractivity contribution in [3.8, 4) is 22.3 Å². The molecule has 0 aliphatic carbocycles. The fraction of sp³-hybridized carbons (Fsp3) is 0.143.